The van der Waals surface area contributed by atoms with Gasteiger partial charge in [0.05, 0.1) is 12.5 Å². The van der Waals surface area contributed by atoms with Gasteiger partial charge in [-0.15, -0.1) is 0 Å². The van der Waals surface area contributed by atoms with Crippen molar-refractivity contribution in [1.82, 2.24) is 4.90 Å². The van der Waals surface area contributed by atoms with E-state index in [1.807, 2.05) is 34.1 Å². The number of para-hydroxylation sites is 1. The quantitative estimate of drug-likeness (QED) is 0.912. The molecule has 5 nitrogen and oxygen atoms in total. The van der Waals surface area contributed by atoms with Crippen molar-refractivity contribution in [2.45, 2.75) is 19.3 Å². The van der Waals surface area contributed by atoms with E-state index >= 15 is 0 Å². The monoisotopic (exact) mass is 288 g/mol. The first-order valence-electron chi connectivity index (χ1n) is 7.48. The first-order chi connectivity index (χ1) is 10.1. The molecule has 112 valence electrons. The van der Waals surface area contributed by atoms with Gasteiger partial charge in [0.1, 0.15) is 0 Å². The van der Waals surface area contributed by atoms with Crippen molar-refractivity contribution in [3.8, 4) is 0 Å². The molecule has 1 amide bonds. The molecule has 1 unspecified atom stereocenters. The third kappa shape index (κ3) is 2.86. The molecule has 0 aliphatic carbocycles. The molecule has 2 heterocycles. The summed E-state index contributed by atoms with van der Waals surface area (Å²) in [6, 6.07) is 7.79. The number of fused-ring (bicyclic) bond motifs is 1. The second-order valence-corrected chi connectivity index (χ2v) is 5.84. The van der Waals surface area contributed by atoms with E-state index in [2.05, 4.69) is 0 Å². The first kappa shape index (κ1) is 13.9. The molecule has 21 heavy (non-hydrogen) atoms. The van der Waals surface area contributed by atoms with E-state index in [9.17, 15) is 14.7 Å². The zero-order valence-electron chi connectivity index (χ0n) is 12.0. The van der Waals surface area contributed by atoms with E-state index in [1.165, 1.54) is 0 Å². The minimum atomic E-state index is -0.789. The average Bonchev–Trinajstić information content (AvgIpc) is 3.01. The van der Waals surface area contributed by atoms with Crippen LogP contribution in [0.25, 0.3) is 0 Å². The number of anilines is 1. The molecule has 1 saturated heterocycles. The molecule has 0 spiro atoms. The Morgan fingerprint density at radius 2 is 1.90 bits per heavy atom. The fourth-order valence-electron chi connectivity index (χ4n) is 3.23. The predicted octanol–water partition coefficient (Wildman–Crippen LogP) is 1.37. The molecule has 0 radical (unpaired) electrons. The summed E-state index contributed by atoms with van der Waals surface area (Å²) >= 11 is 0. The van der Waals surface area contributed by atoms with E-state index in [-0.39, 0.29) is 12.5 Å². The highest BCUT2D eigenvalue weighted by Gasteiger charge is 2.31. The summed E-state index contributed by atoms with van der Waals surface area (Å²) in [5.41, 5.74) is 2.02. The largest absolute Gasteiger partial charge is 0.481 e. The number of benzene rings is 1. The lowest BCUT2D eigenvalue weighted by molar-refractivity contribution is -0.141. The molecule has 1 atom stereocenters. The SMILES string of the molecule is O=C(O)C1Cc2ccccc2N(CC(=O)N2CCCC2)C1. The minimum Gasteiger partial charge on any atom is -0.481 e. The molecule has 1 aromatic carbocycles. The van der Waals surface area contributed by atoms with Gasteiger partial charge in [0, 0.05) is 25.3 Å². The van der Waals surface area contributed by atoms with Crippen molar-refractivity contribution >= 4 is 17.6 Å². The maximum absolute atomic E-state index is 12.3. The van der Waals surface area contributed by atoms with Crippen LogP contribution >= 0.6 is 0 Å². The van der Waals surface area contributed by atoms with Crippen LogP contribution < -0.4 is 4.90 Å². The van der Waals surface area contributed by atoms with Crippen LogP contribution in [-0.4, -0.2) is 48.1 Å². The van der Waals surface area contributed by atoms with Crippen molar-refractivity contribution in [2.24, 2.45) is 5.92 Å². The third-order valence-electron chi connectivity index (χ3n) is 4.37. The number of carboxylic acids is 1. The normalized spacial score (nSPS) is 21.2. The number of likely N-dealkylation sites (tertiary alicyclic amines) is 1. The van der Waals surface area contributed by atoms with E-state index < -0.39 is 11.9 Å². The Labute approximate surface area is 124 Å². The number of aliphatic carboxylic acids is 1. The Morgan fingerprint density at radius 3 is 2.62 bits per heavy atom. The Kier molecular flexibility index (Phi) is 3.82. The Bertz CT molecular complexity index is 552. The van der Waals surface area contributed by atoms with Crippen LogP contribution in [0.3, 0.4) is 0 Å². The minimum absolute atomic E-state index is 0.105. The molecule has 0 aromatic heterocycles. The fraction of sp³-hybridized carbons (Fsp3) is 0.500. The second-order valence-electron chi connectivity index (χ2n) is 5.84. The molecule has 1 aromatic rings. The van der Waals surface area contributed by atoms with Crippen LogP contribution in [0, 0.1) is 5.92 Å². The molecule has 3 rings (SSSR count). The zero-order chi connectivity index (χ0) is 14.8. The topological polar surface area (TPSA) is 60.9 Å². The first-order valence-corrected chi connectivity index (χ1v) is 7.48. The van der Waals surface area contributed by atoms with Gasteiger partial charge in [-0.25, -0.2) is 0 Å². The number of amides is 1. The van der Waals surface area contributed by atoms with Gasteiger partial charge in [-0.1, -0.05) is 18.2 Å². The van der Waals surface area contributed by atoms with Crippen LogP contribution in [0.2, 0.25) is 0 Å². The van der Waals surface area contributed by atoms with Gasteiger partial charge in [-0.05, 0) is 30.9 Å². The highest BCUT2D eigenvalue weighted by Crippen LogP contribution is 2.29. The molecule has 2 aliphatic heterocycles. The molecular formula is C16H20N2O3. The van der Waals surface area contributed by atoms with Crippen molar-refractivity contribution in [3.05, 3.63) is 29.8 Å². The van der Waals surface area contributed by atoms with Gasteiger partial charge in [0.25, 0.3) is 0 Å². The fourth-order valence-corrected chi connectivity index (χ4v) is 3.23. The van der Waals surface area contributed by atoms with Gasteiger partial charge >= 0.3 is 5.97 Å². The van der Waals surface area contributed by atoms with Crippen LogP contribution in [0.1, 0.15) is 18.4 Å². The number of rotatable bonds is 3. The predicted molar refractivity (Wildman–Crippen MR) is 79.3 cm³/mol. The van der Waals surface area contributed by atoms with Gasteiger partial charge < -0.3 is 14.9 Å². The highest BCUT2D eigenvalue weighted by molar-refractivity contribution is 5.83. The van der Waals surface area contributed by atoms with Crippen LogP contribution in [0.5, 0.6) is 0 Å². The smallest absolute Gasteiger partial charge is 0.308 e. The lowest BCUT2D eigenvalue weighted by Gasteiger charge is -2.35. The third-order valence-corrected chi connectivity index (χ3v) is 4.37. The zero-order valence-corrected chi connectivity index (χ0v) is 12.0. The average molecular weight is 288 g/mol. The van der Waals surface area contributed by atoms with Crippen molar-refractivity contribution in [2.75, 3.05) is 31.1 Å². The summed E-state index contributed by atoms with van der Waals surface area (Å²) in [4.78, 5) is 27.5. The summed E-state index contributed by atoms with van der Waals surface area (Å²) in [7, 11) is 0. The Balaban J connectivity index is 1.79. The molecule has 0 bridgehead atoms. The number of nitrogens with zero attached hydrogens (tertiary/aromatic N) is 2. The highest BCUT2D eigenvalue weighted by atomic mass is 16.4. The number of hydrogen-bond donors (Lipinski definition) is 1. The molecule has 2 aliphatic rings. The molecular weight excluding hydrogens is 268 g/mol. The summed E-state index contributed by atoms with van der Waals surface area (Å²) in [5, 5.41) is 9.31. The summed E-state index contributed by atoms with van der Waals surface area (Å²) in [6.07, 6.45) is 2.68. The standard InChI is InChI=1S/C16H20N2O3/c19-15(17-7-3-4-8-17)11-18-10-13(16(20)21)9-12-5-1-2-6-14(12)18/h1-2,5-6,13H,3-4,7-11H2,(H,20,21). The van der Waals surface area contributed by atoms with E-state index in [1.54, 1.807) is 0 Å². The molecule has 0 saturated carbocycles. The maximum atomic E-state index is 12.3. The molecule has 1 fully saturated rings. The van der Waals surface area contributed by atoms with Gasteiger partial charge in [0.2, 0.25) is 5.91 Å². The van der Waals surface area contributed by atoms with Gasteiger partial charge in [0.15, 0.2) is 0 Å². The van der Waals surface area contributed by atoms with Crippen molar-refractivity contribution in [3.63, 3.8) is 0 Å². The van der Waals surface area contributed by atoms with E-state index in [0.29, 0.717) is 13.0 Å². The summed E-state index contributed by atoms with van der Waals surface area (Å²) < 4.78 is 0. The number of carbonyl (C=O) groups excluding carboxylic acids is 1. The summed E-state index contributed by atoms with van der Waals surface area (Å²) in [5.74, 6) is -1.12. The Morgan fingerprint density at radius 1 is 1.19 bits per heavy atom. The Hall–Kier alpha value is -2.04. The second kappa shape index (κ2) is 5.76. The van der Waals surface area contributed by atoms with Crippen LogP contribution in [0.4, 0.5) is 5.69 Å². The number of hydrogen-bond acceptors (Lipinski definition) is 3. The van der Waals surface area contributed by atoms with Crippen molar-refractivity contribution < 1.29 is 14.7 Å². The van der Waals surface area contributed by atoms with E-state index in [4.69, 9.17) is 0 Å². The van der Waals surface area contributed by atoms with Crippen LogP contribution in [-0.2, 0) is 16.0 Å². The number of carbonyl (C=O) groups is 2. The van der Waals surface area contributed by atoms with Crippen molar-refractivity contribution in [1.29, 1.82) is 0 Å². The van der Waals surface area contributed by atoms with Gasteiger partial charge in [-0.2, -0.15) is 0 Å². The van der Waals surface area contributed by atoms with E-state index in [0.717, 1.165) is 37.2 Å². The van der Waals surface area contributed by atoms with Gasteiger partial charge in [-0.3, -0.25) is 9.59 Å². The maximum Gasteiger partial charge on any atom is 0.308 e. The lowest BCUT2D eigenvalue weighted by Crippen LogP contribution is -2.45. The molecule has 5 heteroatoms. The lowest BCUT2D eigenvalue weighted by atomic mass is 9.92. The number of carboxylic acid groups (broad SMARTS) is 1. The van der Waals surface area contributed by atoms with Crippen LogP contribution in [0.15, 0.2) is 24.3 Å². The molecule has 1 N–H and O–H groups in total. The summed E-state index contributed by atoms with van der Waals surface area (Å²) in [6.45, 7) is 2.35.